The van der Waals surface area contributed by atoms with Crippen LogP contribution < -0.4 is 5.32 Å². The van der Waals surface area contributed by atoms with Crippen molar-refractivity contribution in [1.29, 1.82) is 5.26 Å². The van der Waals surface area contributed by atoms with Gasteiger partial charge in [-0.05, 0) is 42.3 Å². The molecule has 0 unspecified atom stereocenters. The lowest BCUT2D eigenvalue weighted by molar-refractivity contribution is 0.102. The molecule has 0 saturated carbocycles. The fourth-order valence-electron chi connectivity index (χ4n) is 3.59. The highest BCUT2D eigenvalue weighted by molar-refractivity contribution is 7.89. The molecular weight excluding hydrogens is 422 g/mol. The molecule has 0 aliphatic heterocycles. The Hall–Kier alpha value is -3.47. The fourth-order valence-corrected chi connectivity index (χ4v) is 5.30. The molecule has 32 heavy (non-hydrogen) atoms. The number of carbonyl (C=O) groups excluding carboxylic acids is 1. The minimum Gasteiger partial charge on any atom is -0.322 e. The zero-order chi connectivity index (χ0) is 23.3. The number of rotatable bonds is 7. The summed E-state index contributed by atoms with van der Waals surface area (Å²) in [5.41, 5.74) is 3.15. The Morgan fingerprint density at radius 2 is 1.59 bits per heavy atom. The Balaban J connectivity index is 1.99. The average Bonchev–Trinajstić information content (AvgIpc) is 2.80. The van der Waals surface area contributed by atoms with Crippen molar-refractivity contribution in [3.05, 3.63) is 83.4 Å². The number of sulfonamides is 1. The van der Waals surface area contributed by atoms with Gasteiger partial charge in [0.05, 0.1) is 16.5 Å². The number of aryl methyl sites for hydroxylation is 1. The summed E-state index contributed by atoms with van der Waals surface area (Å²) < 4.78 is 27.4. The molecule has 0 bridgehead atoms. The van der Waals surface area contributed by atoms with Crippen molar-refractivity contribution in [3.8, 4) is 17.2 Å². The first-order valence-electron chi connectivity index (χ1n) is 10.3. The monoisotopic (exact) mass is 447 g/mol. The van der Waals surface area contributed by atoms with Gasteiger partial charge in [0.1, 0.15) is 0 Å². The van der Waals surface area contributed by atoms with Gasteiger partial charge in [0.15, 0.2) is 0 Å². The summed E-state index contributed by atoms with van der Waals surface area (Å²) in [6, 6.07) is 21.1. The predicted molar refractivity (Wildman–Crippen MR) is 126 cm³/mol. The van der Waals surface area contributed by atoms with E-state index in [-0.39, 0.29) is 10.8 Å². The number of amides is 1. The zero-order valence-corrected chi connectivity index (χ0v) is 19.1. The Morgan fingerprint density at radius 1 is 0.969 bits per heavy atom. The van der Waals surface area contributed by atoms with Crippen LogP contribution >= 0.6 is 0 Å². The lowest BCUT2D eigenvalue weighted by atomic mass is 9.95. The van der Waals surface area contributed by atoms with Crippen LogP contribution in [0.3, 0.4) is 0 Å². The maximum absolute atomic E-state index is 13.1. The Kier molecular flexibility index (Phi) is 7.08. The Labute approximate surface area is 189 Å². The van der Waals surface area contributed by atoms with Gasteiger partial charge < -0.3 is 5.32 Å². The molecule has 0 spiro atoms. The number of nitriles is 1. The van der Waals surface area contributed by atoms with Gasteiger partial charge in [-0.2, -0.15) is 9.57 Å². The molecule has 7 heteroatoms. The van der Waals surface area contributed by atoms with Crippen LogP contribution in [0.1, 0.15) is 35.3 Å². The zero-order valence-electron chi connectivity index (χ0n) is 18.3. The van der Waals surface area contributed by atoms with E-state index in [1.165, 1.54) is 10.4 Å². The van der Waals surface area contributed by atoms with Crippen LogP contribution in [-0.2, 0) is 10.0 Å². The van der Waals surface area contributed by atoms with Crippen LogP contribution in [0.2, 0.25) is 0 Å². The smallest absolute Gasteiger partial charge is 0.256 e. The molecule has 1 N–H and O–H groups in total. The highest BCUT2D eigenvalue weighted by atomic mass is 32.2. The summed E-state index contributed by atoms with van der Waals surface area (Å²) in [6.07, 6.45) is 0. The van der Waals surface area contributed by atoms with E-state index in [0.29, 0.717) is 46.6 Å². The third-order valence-electron chi connectivity index (χ3n) is 5.28. The molecule has 0 atom stereocenters. The van der Waals surface area contributed by atoms with E-state index in [1.54, 1.807) is 75.4 Å². The lowest BCUT2D eigenvalue weighted by Crippen LogP contribution is -2.31. The molecule has 1 amide bonds. The minimum absolute atomic E-state index is 0.169. The summed E-state index contributed by atoms with van der Waals surface area (Å²) in [7, 11) is -3.67. The van der Waals surface area contributed by atoms with E-state index in [1.807, 2.05) is 6.07 Å². The first kappa shape index (κ1) is 23.2. The van der Waals surface area contributed by atoms with Gasteiger partial charge in [-0.3, -0.25) is 4.79 Å². The standard InChI is InChI=1S/C25H25N3O3S/c1-4-28(5-2)32(30,31)24-16-20(15-14-18(24)3)27-25(29)23-13-9-8-12-22(23)21-11-7-6-10-19(21)17-26/h6-16H,4-5H2,1-3H3,(H,27,29). The maximum Gasteiger partial charge on any atom is 0.256 e. The van der Waals surface area contributed by atoms with Gasteiger partial charge in [-0.25, -0.2) is 8.42 Å². The van der Waals surface area contributed by atoms with E-state index in [4.69, 9.17) is 0 Å². The molecule has 3 aromatic carbocycles. The van der Waals surface area contributed by atoms with Crippen LogP contribution in [0.25, 0.3) is 11.1 Å². The highest BCUT2D eigenvalue weighted by Gasteiger charge is 2.24. The molecule has 3 aromatic rings. The number of hydrogen-bond acceptors (Lipinski definition) is 4. The molecule has 0 heterocycles. The maximum atomic E-state index is 13.1. The number of anilines is 1. The number of carbonyl (C=O) groups is 1. The SMILES string of the molecule is CCN(CC)S(=O)(=O)c1cc(NC(=O)c2ccccc2-c2ccccc2C#N)ccc1C. The second-order valence-corrected chi connectivity index (χ2v) is 9.13. The molecule has 0 aromatic heterocycles. The molecule has 0 saturated heterocycles. The lowest BCUT2D eigenvalue weighted by Gasteiger charge is -2.20. The van der Waals surface area contributed by atoms with E-state index in [9.17, 15) is 18.5 Å². The quantitative estimate of drug-likeness (QED) is 0.562. The summed E-state index contributed by atoms with van der Waals surface area (Å²) in [5, 5.41) is 12.3. The summed E-state index contributed by atoms with van der Waals surface area (Å²) >= 11 is 0. The van der Waals surface area contributed by atoms with Crippen molar-refractivity contribution < 1.29 is 13.2 Å². The first-order valence-corrected chi connectivity index (χ1v) is 11.8. The summed E-state index contributed by atoms with van der Waals surface area (Å²) in [6.45, 7) is 6.03. The van der Waals surface area contributed by atoms with Gasteiger partial charge >= 0.3 is 0 Å². The third kappa shape index (κ3) is 4.57. The van der Waals surface area contributed by atoms with Crippen LogP contribution in [0, 0.1) is 18.3 Å². The Bertz CT molecular complexity index is 1290. The molecule has 6 nitrogen and oxygen atoms in total. The first-order chi connectivity index (χ1) is 15.3. The van der Waals surface area contributed by atoms with Gasteiger partial charge in [0, 0.05) is 29.9 Å². The van der Waals surface area contributed by atoms with E-state index in [2.05, 4.69) is 11.4 Å². The van der Waals surface area contributed by atoms with E-state index < -0.39 is 10.0 Å². The van der Waals surface area contributed by atoms with Crippen molar-refractivity contribution in [2.45, 2.75) is 25.7 Å². The van der Waals surface area contributed by atoms with Gasteiger partial charge in [0.25, 0.3) is 5.91 Å². The number of nitrogens with zero attached hydrogens (tertiary/aromatic N) is 2. The fraction of sp³-hybridized carbons (Fsp3) is 0.200. The molecule has 0 aliphatic rings. The van der Waals surface area contributed by atoms with Gasteiger partial charge in [-0.1, -0.05) is 56.3 Å². The second-order valence-electron chi connectivity index (χ2n) is 7.23. The van der Waals surface area contributed by atoms with Gasteiger partial charge in [0.2, 0.25) is 10.0 Å². The van der Waals surface area contributed by atoms with Crippen molar-refractivity contribution in [2.24, 2.45) is 0 Å². The highest BCUT2D eigenvalue weighted by Crippen LogP contribution is 2.28. The number of benzene rings is 3. The largest absolute Gasteiger partial charge is 0.322 e. The van der Waals surface area contributed by atoms with Crippen molar-refractivity contribution in [2.75, 3.05) is 18.4 Å². The number of nitrogens with one attached hydrogen (secondary N) is 1. The summed E-state index contributed by atoms with van der Waals surface area (Å²) in [5.74, 6) is -0.386. The number of hydrogen-bond donors (Lipinski definition) is 1. The minimum atomic E-state index is -3.67. The average molecular weight is 448 g/mol. The third-order valence-corrected chi connectivity index (χ3v) is 7.47. The molecule has 3 rings (SSSR count). The second kappa shape index (κ2) is 9.77. The molecular formula is C25H25N3O3S. The molecule has 0 radical (unpaired) electrons. The van der Waals surface area contributed by atoms with Crippen LogP contribution in [0.4, 0.5) is 5.69 Å². The molecule has 0 aliphatic carbocycles. The van der Waals surface area contributed by atoms with Crippen molar-refractivity contribution in [1.82, 2.24) is 4.31 Å². The predicted octanol–water partition coefficient (Wildman–Crippen LogP) is 4.82. The van der Waals surface area contributed by atoms with Crippen LogP contribution in [0.5, 0.6) is 0 Å². The summed E-state index contributed by atoms with van der Waals surface area (Å²) in [4.78, 5) is 13.3. The molecule has 0 fully saturated rings. The topological polar surface area (TPSA) is 90.3 Å². The van der Waals surface area contributed by atoms with Crippen molar-refractivity contribution >= 4 is 21.6 Å². The van der Waals surface area contributed by atoms with E-state index >= 15 is 0 Å². The van der Waals surface area contributed by atoms with Crippen molar-refractivity contribution in [3.63, 3.8) is 0 Å². The Morgan fingerprint density at radius 3 is 2.25 bits per heavy atom. The van der Waals surface area contributed by atoms with E-state index in [0.717, 1.165) is 0 Å². The van der Waals surface area contributed by atoms with Gasteiger partial charge in [-0.15, -0.1) is 0 Å². The van der Waals surface area contributed by atoms with Crippen LogP contribution in [0.15, 0.2) is 71.6 Å². The normalized spacial score (nSPS) is 11.2. The van der Waals surface area contributed by atoms with Crippen LogP contribution in [-0.4, -0.2) is 31.7 Å². The molecule has 164 valence electrons.